The van der Waals surface area contributed by atoms with Crippen LogP contribution in [0.15, 0.2) is 48.5 Å². The van der Waals surface area contributed by atoms with E-state index in [9.17, 15) is 0 Å². The monoisotopic (exact) mass is 409 g/mol. The van der Waals surface area contributed by atoms with Crippen molar-refractivity contribution < 1.29 is 4.74 Å². The Balaban J connectivity index is 1.63. The van der Waals surface area contributed by atoms with Crippen LogP contribution >= 0.6 is 12.2 Å². The van der Waals surface area contributed by atoms with E-state index in [0.717, 1.165) is 30.1 Å². The molecule has 1 N–H and O–H groups in total. The lowest BCUT2D eigenvalue weighted by Crippen LogP contribution is -2.03. The lowest BCUT2D eigenvalue weighted by molar-refractivity contribution is 0.414. The molecule has 3 aromatic rings. The van der Waals surface area contributed by atoms with E-state index in [1.807, 2.05) is 28.8 Å². The second kappa shape index (κ2) is 11.0. The highest BCUT2D eigenvalue weighted by atomic mass is 32.1. The molecule has 0 aliphatic rings. The molecule has 2 aromatic carbocycles. The minimum absolute atomic E-state index is 0.591. The molecule has 29 heavy (non-hydrogen) atoms. The van der Waals surface area contributed by atoms with Gasteiger partial charge in [0.05, 0.1) is 12.8 Å². The van der Waals surface area contributed by atoms with Gasteiger partial charge in [0, 0.05) is 12.5 Å². The van der Waals surface area contributed by atoms with Gasteiger partial charge in [-0.25, -0.2) is 0 Å². The Kier molecular flexibility index (Phi) is 8.05. The van der Waals surface area contributed by atoms with Crippen molar-refractivity contribution in [2.75, 3.05) is 7.11 Å². The van der Waals surface area contributed by atoms with Crippen LogP contribution in [-0.4, -0.2) is 21.9 Å². The molecule has 0 spiro atoms. The van der Waals surface area contributed by atoms with Gasteiger partial charge in [-0.1, -0.05) is 69.4 Å². The summed E-state index contributed by atoms with van der Waals surface area (Å²) in [6.07, 6.45) is 9.90. The van der Waals surface area contributed by atoms with Gasteiger partial charge >= 0.3 is 0 Å². The van der Waals surface area contributed by atoms with E-state index in [2.05, 4.69) is 41.4 Å². The molecule has 0 fully saturated rings. The minimum atomic E-state index is 0.591. The van der Waals surface area contributed by atoms with E-state index >= 15 is 0 Å². The average molecular weight is 410 g/mol. The number of H-pyrrole nitrogens is 1. The topological polar surface area (TPSA) is 42.8 Å². The Hall–Kier alpha value is -2.40. The number of ether oxygens (including phenoxy) is 1. The summed E-state index contributed by atoms with van der Waals surface area (Å²) < 4.78 is 7.91. The molecule has 0 atom stereocenters. The lowest BCUT2D eigenvalue weighted by Gasteiger charge is -2.09. The van der Waals surface area contributed by atoms with E-state index in [0.29, 0.717) is 4.77 Å². The maximum absolute atomic E-state index is 5.46. The summed E-state index contributed by atoms with van der Waals surface area (Å²) in [5.74, 6) is 1.70. The van der Waals surface area contributed by atoms with Gasteiger partial charge in [0.15, 0.2) is 4.77 Å². The van der Waals surface area contributed by atoms with Gasteiger partial charge < -0.3 is 4.74 Å². The van der Waals surface area contributed by atoms with Crippen molar-refractivity contribution in [2.45, 2.75) is 58.3 Å². The molecule has 0 saturated heterocycles. The van der Waals surface area contributed by atoms with Gasteiger partial charge in [-0.3, -0.25) is 9.67 Å². The van der Waals surface area contributed by atoms with Gasteiger partial charge in [-0.2, -0.15) is 5.10 Å². The van der Waals surface area contributed by atoms with Crippen LogP contribution in [0.3, 0.4) is 0 Å². The highest BCUT2D eigenvalue weighted by Gasteiger charge is 2.10. The highest BCUT2D eigenvalue weighted by molar-refractivity contribution is 7.71. The zero-order chi connectivity index (χ0) is 20.5. The normalized spacial score (nSPS) is 11.0. The number of aryl methyl sites for hydroxylation is 1. The molecule has 3 rings (SSSR count). The van der Waals surface area contributed by atoms with Crippen LogP contribution in [0.2, 0.25) is 0 Å². The van der Waals surface area contributed by atoms with Crippen LogP contribution < -0.4 is 4.74 Å². The SMILES string of the molecule is CCCCCCCCc1ccc(Cc2n[nH]c(=S)n2-c2cccc(OC)c2)cc1. The summed E-state index contributed by atoms with van der Waals surface area (Å²) in [4.78, 5) is 0. The first-order valence-corrected chi connectivity index (χ1v) is 11.0. The largest absolute Gasteiger partial charge is 0.497 e. The van der Waals surface area contributed by atoms with E-state index in [1.165, 1.54) is 49.7 Å². The molecule has 0 unspecified atom stereocenters. The van der Waals surface area contributed by atoms with Gasteiger partial charge in [0.2, 0.25) is 0 Å². The summed E-state index contributed by atoms with van der Waals surface area (Å²) in [6, 6.07) is 16.8. The van der Waals surface area contributed by atoms with Crippen LogP contribution in [0.5, 0.6) is 5.75 Å². The summed E-state index contributed by atoms with van der Waals surface area (Å²) >= 11 is 5.46. The fourth-order valence-electron chi connectivity index (χ4n) is 3.58. The number of nitrogens with one attached hydrogen (secondary N) is 1. The Bertz CT molecular complexity index is 943. The maximum Gasteiger partial charge on any atom is 0.199 e. The molecule has 1 heterocycles. The van der Waals surface area contributed by atoms with E-state index in [4.69, 9.17) is 17.0 Å². The van der Waals surface area contributed by atoms with Gasteiger partial charge in [0.25, 0.3) is 0 Å². The second-order valence-electron chi connectivity index (χ2n) is 7.49. The standard InChI is InChI=1S/C24H31N3OS/c1-3-4-5-6-7-8-10-19-13-15-20(16-14-19)17-23-25-26-24(29)27(23)21-11-9-12-22(18-21)28-2/h9,11-16,18H,3-8,10,17H2,1-2H3,(H,26,29). The zero-order valence-corrected chi connectivity index (χ0v) is 18.3. The zero-order valence-electron chi connectivity index (χ0n) is 17.5. The van der Waals surface area contributed by atoms with Crippen LogP contribution in [0.25, 0.3) is 5.69 Å². The summed E-state index contributed by atoms with van der Waals surface area (Å²) in [7, 11) is 1.67. The van der Waals surface area contributed by atoms with Gasteiger partial charge in [-0.05, 0) is 48.3 Å². The molecular weight excluding hydrogens is 378 g/mol. The molecule has 0 amide bonds. The summed E-state index contributed by atoms with van der Waals surface area (Å²) in [5.41, 5.74) is 3.60. The molecule has 4 nitrogen and oxygen atoms in total. The predicted octanol–water partition coefficient (Wildman–Crippen LogP) is 6.43. The average Bonchev–Trinajstić information content (AvgIpc) is 3.11. The number of methoxy groups -OCH3 is 1. The first-order valence-electron chi connectivity index (χ1n) is 10.6. The first kappa shape index (κ1) is 21.3. The van der Waals surface area contributed by atoms with Crippen molar-refractivity contribution in [3.05, 3.63) is 70.3 Å². The summed E-state index contributed by atoms with van der Waals surface area (Å²) in [5, 5.41) is 7.38. The van der Waals surface area contributed by atoms with Crippen LogP contribution in [0.4, 0.5) is 0 Å². The van der Waals surface area contributed by atoms with Crippen molar-refractivity contribution in [3.63, 3.8) is 0 Å². The van der Waals surface area contributed by atoms with E-state index in [-0.39, 0.29) is 0 Å². The first-order chi connectivity index (χ1) is 14.2. The Morgan fingerprint density at radius 2 is 1.69 bits per heavy atom. The lowest BCUT2D eigenvalue weighted by atomic mass is 10.0. The van der Waals surface area contributed by atoms with Crippen molar-refractivity contribution in [1.29, 1.82) is 0 Å². The van der Waals surface area contributed by atoms with Crippen molar-refractivity contribution in [2.24, 2.45) is 0 Å². The molecule has 0 bridgehead atoms. The van der Waals surface area contributed by atoms with Crippen molar-refractivity contribution >= 4 is 12.2 Å². The predicted molar refractivity (Wildman–Crippen MR) is 122 cm³/mol. The molecular formula is C24H31N3OS. The van der Waals surface area contributed by atoms with E-state index < -0.39 is 0 Å². The molecule has 0 aliphatic heterocycles. The number of aromatic amines is 1. The number of unbranched alkanes of at least 4 members (excludes halogenated alkanes) is 5. The fourth-order valence-corrected chi connectivity index (χ4v) is 3.84. The third kappa shape index (κ3) is 6.04. The molecule has 5 heteroatoms. The van der Waals surface area contributed by atoms with Crippen LogP contribution in [0.1, 0.15) is 62.4 Å². The number of benzene rings is 2. The molecule has 0 saturated carbocycles. The smallest absolute Gasteiger partial charge is 0.199 e. The Morgan fingerprint density at radius 3 is 2.45 bits per heavy atom. The molecule has 154 valence electrons. The minimum Gasteiger partial charge on any atom is -0.497 e. The quantitative estimate of drug-likeness (QED) is 0.293. The molecule has 0 aliphatic carbocycles. The van der Waals surface area contributed by atoms with Crippen LogP contribution in [0, 0.1) is 4.77 Å². The number of hydrogen-bond donors (Lipinski definition) is 1. The summed E-state index contributed by atoms with van der Waals surface area (Å²) in [6.45, 7) is 2.26. The number of nitrogens with zero attached hydrogens (tertiary/aromatic N) is 2. The third-order valence-corrected chi connectivity index (χ3v) is 5.53. The van der Waals surface area contributed by atoms with Gasteiger partial charge in [0.1, 0.15) is 11.6 Å². The molecule has 1 aromatic heterocycles. The van der Waals surface area contributed by atoms with Crippen molar-refractivity contribution in [1.82, 2.24) is 14.8 Å². The Morgan fingerprint density at radius 1 is 0.966 bits per heavy atom. The van der Waals surface area contributed by atoms with Gasteiger partial charge in [-0.15, -0.1) is 0 Å². The molecule has 0 radical (unpaired) electrons. The third-order valence-electron chi connectivity index (χ3n) is 5.26. The van der Waals surface area contributed by atoms with E-state index in [1.54, 1.807) is 7.11 Å². The Labute approximate surface area is 178 Å². The number of hydrogen-bond acceptors (Lipinski definition) is 3. The highest BCUT2D eigenvalue weighted by Crippen LogP contribution is 2.20. The number of rotatable bonds is 11. The van der Waals surface area contributed by atoms with Crippen LogP contribution in [-0.2, 0) is 12.8 Å². The maximum atomic E-state index is 5.46. The number of aromatic nitrogens is 3. The van der Waals surface area contributed by atoms with Crippen molar-refractivity contribution in [3.8, 4) is 11.4 Å². The fraction of sp³-hybridized carbons (Fsp3) is 0.417. The second-order valence-corrected chi connectivity index (χ2v) is 7.88.